The molecule has 2 amide bonds. The van der Waals surface area contributed by atoms with E-state index in [1.54, 1.807) is 18.2 Å². The Morgan fingerprint density at radius 1 is 0.971 bits per heavy atom. The van der Waals surface area contributed by atoms with Gasteiger partial charge >= 0.3 is 0 Å². The number of rotatable bonds is 6. The van der Waals surface area contributed by atoms with Crippen molar-refractivity contribution in [3.8, 4) is 5.75 Å². The van der Waals surface area contributed by atoms with Crippen molar-refractivity contribution >= 4 is 46.2 Å². The number of anilines is 1. The second kappa shape index (κ2) is 10.6. The maximum Gasteiger partial charge on any atom is 0.264 e. The van der Waals surface area contributed by atoms with Crippen LogP contribution in [0.15, 0.2) is 70.6 Å². The van der Waals surface area contributed by atoms with E-state index in [9.17, 15) is 9.59 Å². The van der Waals surface area contributed by atoms with E-state index in [-0.39, 0.29) is 18.4 Å². The van der Waals surface area contributed by atoms with Gasteiger partial charge in [0.05, 0.1) is 10.6 Å². The summed E-state index contributed by atoms with van der Waals surface area (Å²) < 4.78 is 5.61. The number of aryl methyl sites for hydroxylation is 4. The minimum atomic E-state index is -0.228. The summed E-state index contributed by atoms with van der Waals surface area (Å²) in [4.78, 5) is 29.8. The lowest BCUT2D eigenvalue weighted by atomic mass is 10.1. The summed E-state index contributed by atoms with van der Waals surface area (Å²) in [5.74, 6) is 0.166. The Labute approximate surface area is 209 Å². The van der Waals surface area contributed by atoms with Gasteiger partial charge in [-0.25, -0.2) is 4.99 Å². The molecule has 0 unspecified atom stereocenters. The molecule has 1 aliphatic rings. The number of nitrogens with zero attached hydrogens (tertiary/aromatic N) is 1. The van der Waals surface area contributed by atoms with Gasteiger partial charge in [-0.2, -0.15) is 0 Å². The first-order valence-corrected chi connectivity index (χ1v) is 12.1. The largest absolute Gasteiger partial charge is 0.484 e. The molecule has 3 aromatic carbocycles. The lowest BCUT2D eigenvalue weighted by Gasteiger charge is -2.09. The van der Waals surface area contributed by atoms with Crippen LogP contribution in [-0.4, -0.2) is 23.6 Å². The maximum atomic E-state index is 12.4. The minimum absolute atomic E-state index is 0.0934. The van der Waals surface area contributed by atoms with E-state index >= 15 is 0 Å². The van der Waals surface area contributed by atoms with E-state index in [0.717, 1.165) is 28.1 Å². The van der Waals surface area contributed by atoms with Gasteiger partial charge < -0.3 is 15.4 Å². The van der Waals surface area contributed by atoms with Gasteiger partial charge in [-0.1, -0.05) is 35.9 Å². The molecule has 0 radical (unpaired) electrons. The summed E-state index contributed by atoms with van der Waals surface area (Å²) in [5.41, 5.74) is 6.95. The molecule has 6 nitrogen and oxygen atoms in total. The highest BCUT2D eigenvalue weighted by atomic mass is 32.2. The van der Waals surface area contributed by atoms with Crippen LogP contribution in [0.1, 0.15) is 27.8 Å². The number of hydrogen-bond donors (Lipinski definition) is 2. The summed E-state index contributed by atoms with van der Waals surface area (Å²) in [6.07, 6.45) is 1.81. The maximum absolute atomic E-state index is 12.4. The summed E-state index contributed by atoms with van der Waals surface area (Å²) in [6, 6.07) is 19.0. The zero-order chi connectivity index (χ0) is 24.9. The number of ether oxygens (including phenoxy) is 1. The number of benzene rings is 3. The van der Waals surface area contributed by atoms with Crippen LogP contribution in [0.5, 0.6) is 5.75 Å². The minimum Gasteiger partial charge on any atom is -0.484 e. The smallest absolute Gasteiger partial charge is 0.264 e. The zero-order valence-electron chi connectivity index (χ0n) is 20.1. The van der Waals surface area contributed by atoms with Crippen molar-refractivity contribution in [1.29, 1.82) is 0 Å². The quantitative estimate of drug-likeness (QED) is 0.431. The predicted octanol–water partition coefficient (Wildman–Crippen LogP) is 5.83. The summed E-state index contributed by atoms with van der Waals surface area (Å²) in [5, 5.41) is 6.22. The molecule has 0 saturated carbocycles. The van der Waals surface area contributed by atoms with Crippen LogP contribution in [0.2, 0.25) is 0 Å². The SMILES string of the molecule is Cc1ccc(N=C2NC(=O)/C(=C\c3ccc(OCC(=O)Nc4ccc(C)c(C)c4)cc3)S2)c(C)c1. The van der Waals surface area contributed by atoms with Crippen molar-refractivity contribution < 1.29 is 14.3 Å². The van der Waals surface area contributed by atoms with Gasteiger partial charge in [-0.15, -0.1) is 0 Å². The first kappa shape index (κ1) is 24.3. The summed E-state index contributed by atoms with van der Waals surface area (Å²) in [6.45, 7) is 7.98. The van der Waals surface area contributed by atoms with E-state index in [1.807, 2.05) is 70.2 Å². The molecular formula is C28H27N3O3S. The van der Waals surface area contributed by atoms with E-state index in [0.29, 0.717) is 15.8 Å². The first-order valence-electron chi connectivity index (χ1n) is 11.2. The van der Waals surface area contributed by atoms with Crippen LogP contribution >= 0.6 is 11.8 Å². The van der Waals surface area contributed by atoms with Crippen LogP contribution in [0.25, 0.3) is 6.08 Å². The van der Waals surface area contributed by atoms with E-state index in [2.05, 4.69) is 21.7 Å². The second-order valence-electron chi connectivity index (χ2n) is 8.48. The van der Waals surface area contributed by atoms with Crippen molar-refractivity contribution in [3.63, 3.8) is 0 Å². The van der Waals surface area contributed by atoms with E-state index < -0.39 is 0 Å². The molecule has 35 heavy (non-hydrogen) atoms. The number of thioether (sulfide) groups is 1. The number of nitrogens with one attached hydrogen (secondary N) is 2. The molecule has 1 fully saturated rings. The molecule has 0 bridgehead atoms. The Kier molecular flexibility index (Phi) is 7.36. The van der Waals surface area contributed by atoms with Gasteiger partial charge in [0.2, 0.25) is 0 Å². The van der Waals surface area contributed by atoms with Crippen molar-refractivity contribution in [3.05, 3.63) is 93.4 Å². The van der Waals surface area contributed by atoms with Gasteiger partial charge in [0.15, 0.2) is 11.8 Å². The molecule has 3 aromatic rings. The number of amidine groups is 1. The monoisotopic (exact) mass is 485 g/mol. The molecular weight excluding hydrogens is 458 g/mol. The third-order valence-electron chi connectivity index (χ3n) is 5.56. The van der Waals surface area contributed by atoms with Crippen LogP contribution in [0.4, 0.5) is 11.4 Å². The van der Waals surface area contributed by atoms with Gasteiger partial charge in [0, 0.05) is 5.69 Å². The third kappa shape index (κ3) is 6.39. The highest BCUT2D eigenvalue weighted by Gasteiger charge is 2.24. The topological polar surface area (TPSA) is 79.8 Å². The van der Waals surface area contributed by atoms with Crippen LogP contribution < -0.4 is 15.4 Å². The fraction of sp³-hybridized carbons (Fsp3) is 0.179. The zero-order valence-corrected chi connectivity index (χ0v) is 21.0. The number of aliphatic imine (C=N–C) groups is 1. The molecule has 0 atom stereocenters. The average Bonchev–Trinajstić information content (AvgIpc) is 3.16. The molecule has 1 heterocycles. The van der Waals surface area contributed by atoms with Crippen LogP contribution in [0, 0.1) is 27.7 Å². The van der Waals surface area contributed by atoms with Gasteiger partial charge in [-0.05, 0) is 98.1 Å². The Balaban J connectivity index is 1.34. The summed E-state index contributed by atoms with van der Waals surface area (Å²) in [7, 11) is 0. The fourth-order valence-electron chi connectivity index (χ4n) is 3.50. The van der Waals surface area contributed by atoms with Crippen LogP contribution in [0.3, 0.4) is 0 Å². The lowest BCUT2D eigenvalue weighted by Crippen LogP contribution is -2.20. The molecule has 1 aliphatic heterocycles. The van der Waals surface area contributed by atoms with Crippen molar-refractivity contribution in [2.75, 3.05) is 11.9 Å². The Morgan fingerprint density at radius 2 is 1.74 bits per heavy atom. The number of carbonyl (C=O) groups excluding carboxylic acids is 2. The normalized spacial score (nSPS) is 15.4. The van der Waals surface area contributed by atoms with Crippen molar-refractivity contribution in [2.45, 2.75) is 27.7 Å². The first-order chi connectivity index (χ1) is 16.8. The molecule has 4 rings (SSSR count). The lowest BCUT2D eigenvalue weighted by molar-refractivity contribution is -0.118. The Hall–Kier alpha value is -3.84. The predicted molar refractivity (Wildman–Crippen MR) is 143 cm³/mol. The standard InChI is InChI=1S/C28H27N3O3S/c1-17-5-12-24(20(4)13-17)30-28-31-27(33)25(35-28)15-21-7-10-23(11-8-21)34-16-26(32)29-22-9-6-18(2)19(3)14-22/h5-15H,16H2,1-4H3,(H,29,32)(H,30,31,33)/b25-15+. The second-order valence-corrected chi connectivity index (χ2v) is 9.51. The molecule has 0 aromatic heterocycles. The average molecular weight is 486 g/mol. The molecule has 1 saturated heterocycles. The highest BCUT2D eigenvalue weighted by molar-refractivity contribution is 8.18. The molecule has 178 valence electrons. The number of amides is 2. The van der Waals surface area contributed by atoms with Crippen LogP contribution in [-0.2, 0) is 9.59 Å². The highest BCUT2D eigenvalue weighted by Crippen LogP contribution is 2.29. The molecule has 0 aliphatic carbocycles. The molecule has 7 heteroatoms. The fourth-order valence-corrected chi connectivity index (χ4v) is 4.33. The van der Waals surface area contributed by atoms with Crippen molar-refractivity contribution in [1.82, 2.24) is 5.32 Å². The third-order valence-corrected chi connectivity index (χ3v) is 6.47. The Morgan fingerprint density at radius 3 is 2.46 bits per heavy atom. The van der Waals surface area contributed by atoms with E-state index in [1.165, 1.54) is 22.9 Å². The van der Waals surface area contributed by atoms with Gasteiger partial charge in [0.25, 0.3) is 11.8 Å². The van der Waals surface area contributed by atoms with Gasteiger partial charge in [0.1, 0.15) is 5.75 Å². The summed E-state index contributed by atoms with van der Waals surface area (Å²) >= 11 is 1.31. The van der Waals surface area contributed by atoms with E-state index in [4.69, 9.17) is 4.74 Å². The van der Waals surface area contributed by atoms with Crippen molar-refractivity contribution in [2.24, 2.45) is 4.99 Å². The molecule has 0 spiro atoms. The number of carbonyl (C=O) groups is 2. The molecule has 2 N–H and O–H groups in total. The van der Waals surface area contributed by atoms with Gasteiger partial charge in [-0.3, -0.25) is 9.59 Å². The number of hydrogen-bond acceptors (Lipinski definition) is 5. The Bertz CT molecular complexity index is 1340.